The van der Waals surface area contributed by atoms with Crippen molar-refractivity contribution in [2.24, 2.45) is 0 Å². The van der Waals surface area contributed by atoms with Gasteiger partial charge in [-0.3, -0.25) is 4.79 Å². The summed E-state index contributed by atoms with van der Waals surface area (Å²) in [6, 6.07) is 12.3. The van der Waals surface area contributed by atoms with Crippen molar-refractivity contribution in [2.75, 3.05) is 6.54 Å². The van der Waals surface area contributed by atoms with Crippen LogP contribution in [0, 0.1) is 0 Å². The first-order valence-electron chi connectivity index (χ1n) is 9.21. The van der Waals surface area contributed by atoms with Gasteiger partial charge in [-0.1, -0.05) is 25.3 Å². The molecule has 0 spiro atoms. The number of pyridine rings is 1. The molecule has 1 saturated carbocycles. The van der Waals surface area contributed by atoms with E-state index in [0.29, 0.717) is 11.7 Å². The normalized spacial score (nSPS) is 15.6. The highest BCUT2D eigenvalue weighted by Crippen LogP contribution is 2.24. The average molecular weight is 336 g/mol. The maximum atomic E-state index is 13.2. The zero-order valence-corrected chi connectivity index (χ0v) is 14.6. The maximum absolute atomic E-state index is 13.2. The summed E-state index contributed by atoms with van der Waals surface area (Å²) < 4.78 is 3.82. The Hall–Kier alpha value is -2.56. The minimum absolute atomic E-state index is 0.0813. The fraction of sp³-hybridized carbons (Fsp3) is 0.400. The number of aromatic nitrogens is 3. The van der Waals surface area contributed by atoms with E-state index in [2.05, 4.69) is 22.5 Å². The summed E-state index contributed by atoms with van der Waals surface area (Å²) in [5.41, 5.74) is 1.72. The van der Waals surface area contributed by atoms with Crippen LogP contribution >= 0.6 is 0 Å². The minimum atomic E-state index is 0.0813. The molecule has 1 aliphatic carbocycles. The molecule has 0 unspecified atom stereocenters. The average Bonchev–Trinajstić information content (AvgIpc) is 3.29. The number of carbonyl (C=O) groups is 1. The van der Waals surface area contributed by atoms with Crippen molar-refractivity contribution in [2.45, 2.75) is 45.1 Å². The van der Waals surface area contributed by atoms with Gasteiger partial charge >= 0.3 is 0 Å². The summed E-state index contributed by atoms with van der Waals surface area (Å²) in [6.07, 6.45) is 9.66. The molecule has 0 radical (unpaired) electrons. The Labute approximate surface area is 147 Å². The molecule has 0 bridgehead atoms. The van der Waals surface area contributed by atoms with Crippen molar-refractivity contribution in [1.82, 2.24) is 19.1 Å². The van der Waals surface area contributed by atoms with Crippen molar-refractivity contribution in [3.63, 3.8) is 0 Å². The summed E-state index contributed by atoms with van der Waals surface area (Å²) in [7, 11) is 0. The van der Waals surface area contributed by atoms with Crippen LogP contribution in [0.3, 0.4) is 0 Å². The third kappa shape index (κ3) is 2.84. The van der Waals surface area contributed by atoms with E-state index >= 15 is 0 Å². The molecule has 3 heterocycles. The van der Waals surface area contributed by atoms with Gasteiger partial charge in [0.15, 0.2) is 0 Å². The van der Waals surface area contributed by atoms with Gasteiger partial charge in [-0.15, -0.1) is 0 Å². The van der Waals surface area contributed by atoms with Crippen LogP contribution in [0.4, 0.5) is 0 Å². The maximum Gasteiger partial charge on any atom is 0.272 e. The molecule has 1 aliphatic rings. The molecule has 0 saturated heterocycles. The van der Waals surface area contributed by atoms with Gasteiger partial charge in [0.25, 0.3) is 5.91 Å². The first-order chi connectivity index (χ1) is 12.3. The van der Waals surface area contributed by atoms with E-state index in [1.54, 1.807) is 10.9 Å². The molecule has 0 aliphatic heterocycles. The summed E-state index contributed by atoms with van der Waals surface area (Å²) in [6.45, 7) is 2.81. The Morgan fingerprint density at radius 1 is 1.16 bits per heavy atom. The van der Waals surface area contributed by atoms with E-state index in [1.807, 2.05) is 41.4 Å². The Balaban J connectivity index is 1.70. The van der Waals surface area contributed by atoms with E-state index in [1.165, 1.54) is 19.3 Å². The van der Waals surface area contributed by atoms with Crippen LogP contribution in [-0.2, 0) is 0 Å². The molecule has 3 aromatic heterocycles. The van der Waals surface area contributed by atoms with Crippen molar-refractivity contribution in [3.05, 3.63) is 54.5 Å². The SMILES string of the molecule is CCN(C(=O)c1ccnn1-c1ccc2ccccn12)C1CCCCC1. The molecule has 130 valence electrons. The van der Waals surface area contributed by atoms with Crippen LogP contribution in [-0.4, -0.2) is 37.6 Å². The Morgan fingerprint density at radius 3 is 2.80 bits per heavy atom. The number of carbonyl (C=O) groups excluding carboxylic acids is 1. The van der Waals surface area contributed by atoms with E-state index in [4.69, 9.17) is 0 Å². The topological polar surface area (TPSA) is 42.5 Å². The highest BCUT2D eigenvalue weighted by atomic mass is 16.2. The zero-order chi connectivity index (χ0) is 17.2. The quantitative estimate of drug-likeness (QED) is 0.725. The van der Waals surface area contributed by atoms with Gasteiger partial charge in [0.2, 0.25) is 0 Å². The molecule has 4 rings (SSSR count). The zero-order valence-electron chi connectivity index (χ0n) is 14.6. The molecule has 1 amide bonds. The van der Waals surface area contributed by atoms with Crippen LogP contribution in [0.1, 0.15) is 49.5 Å². The Bertz CT molecular complexity index is 873. The highest BCUT2D eigenvalue weighted by molar-refractivity contribution is 5.93. The molecule has 0 N–H and O–H groups in total. The van der Waals surface area contributed by atoms with Gasteiger partial charge in [0, 0.05) is 24.3 Å². The van der Waals surface area contributed by atoms with Crippen LogP contribution in [0.15, 0.2) is 48.8 Å². The lowest BCUT2D eigenvalue weighted by Crippen LogP contribution is -2.42. The lowest BCUT2D eigenvalue weighted by molar-refractivity contribution is 0.0638. The third-order valence-electron chi connectivity index (χ3n) is 5.24. The molecule has 1 fully saturated rings. The number of nitrogens with zero attached hydrogens (tertiary/aromatic N) is 4. The highest BCUT2D eigenvalue weighted by Gasteiger charge is 2.27. The fourth-order valence-electron chi connectivity index (χ4n) is 3.97. The largest absolute Gasteiger partial charge is 0.335 e. The molecule has 25 heavy (non-hydrogen) atoms. The second-order valence-corrected chi connectivity index (χ2v) is 6.70. The van der Waals surface area contributed by atoms with Crippen molar-refractivity contribution in [1.29, 1.82) is 0 Å². The predicted molar refractivity (Wildman–Crippen MR) is 98.1 cm³/mol. The number of hydrogen-bond acceptors (Lipinski definition) is 2. The van der Waals surface area contributed by atoms with Crippen LogP contribution < -0.4 is 0 Å². The van der Waals surface area contributed by atoms with Crippen LogP contribution in [0.25, 0.3) is 11.3 Å². The van der Waals surface area contributed by atoms with Gasteiger partial charge in [-0.25, -0.2) is 4.68 Å². The molecule has 5 nitrogen and oxygen atoms in total. The Kier molecular flexibility index (Phi) is 4.30. The van der Waals surface area contributed by atoms with Crippen molar-refractivity contribution in [3.8, 4) is 5.82 Å². The molecule has 0 aromatic carbocycles. The van der Waals surface area contributed by atoms with Crippen LogP contribution in [0.5, 0.6) is 0 Å². The monoisotopic (exact) mass is 336 g/mol. The number of hydrogen-bond donors (Lipinski definition) is 0. The van der Waals surface area contributed by atoms with Crippen LogP contribution in [0.2, 0.25) is 0 Å². The minimum Gasteiger partial charge on any atom is -0.335 e. The third-order valence-corrected chi connectivity index (χ3v) is 5.24. The summed E-state index contributed by atoms with van der Waals surface area (Å²) in [4.78, 5) is 15.3. The summed E-state index contributed by atoms with van der Waals surface area (Å²) in [5.74, 6) is 0.974. The first kappa shape index (κ1) is 15.9. The molecule has 5 heteroatoms. The molecular formula is C20H24N4O. The molecule has 3 aromatic rings. The van der Waals surface area contributed by atoms with E-state index < -0.39 is 0 Å². The van der Waals surface area contributed by atoms with Gasteiger partial charge in [0.05, 0.1) is 6.20 Å². The molecule has 0 atom stereocenters. The number of amides is 1. The van der Waals surface area contributed by atoms with Gasteiger partial charge in [-0.2, -0.15) is 5.10 Å². The lowest BCUT2D eigenvalue weighted by Gasteiger charge is -2.33. The Morgan fingerprint density at radius 2 is 2.00 bits per heavy atom. The smallest absolute Gasteiger partial charge is 0.272 e. The standard InChI is InChI=1S/C20H24N4O/c1-2-22(16-8-4-3-5-9-16)20(25)18-13-14-21-24(18)19-12-11-17-10-6-7-15-23(17)19/h6-7,10-16H,2-5,8-9H2,1H3. The van der Waals surface area contributed by atoms with E-state index in [-0.39, 0.29) is 5.91 Å². The predicted octanol–water partition coefficient (Wildman–Crippen LogP) is 3.92. The summed E-state index contributed by atoms with van der Waals surface area (Å²) >= 11 is 0. The second kappa shape index (κ2) is 6.75. The van der Waals surface area contributed by atoms with Gasteiger partial charge in [-0.05, 0) is 50.1 Å². The molecular weight excluding hydrogens is 312 g/mol. The first-order valence-corrected chi connectivity index (χ1v) is 9.21. The van der Waals surface area contributed by atoms with Crippen molar-refractivity contribution >= 4 is 11.4 Å². The van der Waals surface area contributed by atoms with E-state index in [0.717, 1.165) is 30.7 Å². The van der Waals surface area contributed by atoms with Crippen molar-refractivity contribution < 1.29 is 4.79 Å². The second-order valence-electron chi connectivity index (χ2n) is 6.70. The lowest BCUT2D eigenvalue weighted by atomic mass is 9.94. The van der Waals surface area contributed by atoms with Gasteiger partial charge in [0.1, 0.15) is 11.5 Å². The van der Waals surface area contributed by atoms with E-state index in [9.17, 15) is 4.79 Å². The number of fused-ring (bicyclic) bond motifs is 1. The fourth-order valence-corrected chi connectivity index (χ4v) is 3.97. The number of rotatable bonds is 4. The van der Waals surface area contributed by atoms with Gasteiger partial charge < -0.3 is 9.30 Å². The summed E-state index contributed by atoms with van der Waals surface area (Å²) in [5, 5.41) is 4.44.